The van der Waals surface area contributed by atoms with Gasteiger partial charge < -0.3 is 10.4 Å². The molecule has 4 heterocycles. The average molecular weight is 552 g/mol. The van der Waals surface area contributed by atoms with Gasteiger partial charge >= 0.3 is 0 Å². The van der Waals surface area contributed by atoms with Gasteiger partial charge in [-0.15, -0.1) is 6.58 Å². The number of allylic oxidation sites excluding steroid dienone is 1. The van der Waals surface area contributed by atoms with Gasteiger partial charge in [0, 0.05) is 25.0 Å². The van der Waals surface area contributed by atoms with Crippen molar-refractivity contribution in [3.05, 3.63) is 81.4 Å². The molecule has 0 radical (unpaired) electrons. The van der Waals surface area contributed by atoms with Crippen molar-refractivity contribution in [2.24, 2.45) is 0 Å². The van der Waals surface area contributed by atoms with Crippen molar-refractivity contribution >= 4 is 22.7 Å². The first-order valence-corrected chi connectivity index (χ1v) is 14.9. The number of hydrogen-bond acceptors (Lipinski definition) is 7. The van der Waals surface area contributed by atoms with Gasteiger partial charge in [0.15, 0.2) is 11.5 Å². The maximum absolute atomic E-state index is 13.5. The van der Waals surface area contributed by atoms with E-state index in [9.17, 15) is 9.90 Å². The van der Waals surface area contributed by atoms with E-state index in [1.807, 2.05) is 19.1 Å². The van der Waals surface area contributed by atoms with Gasteiger partial charge in [0.2, 0.25) is 5.95 Å². The van der Waals surface area contributed by atoms with E-state index in [0.717, 1.165) is 43.7 Å². The van der Waals surface area contributed by atoms with Gasteiger partial charge in [-0.3, -0.25) is 9.69 Å². The zero-order valence-electron chi connectivity index (χ0n) is 23.9. The van der Waals surface area contributed by atoms with Crippen LogP contribution < -0.4 is 10.9 Å². The highest BCUT2D eigenvalue weighted by Gasteiger charge is 2.37. The van der Waals surface area contributed by atoms with Crippen molar-refractivity contribution in [1.29, 1.82) is 0 Å². The van der Waals surface area contributed by atoms with E-state index >= 15 is 0 Å². The predicted octanol–water partition coefficient (Wildman–Crippen LogP) is 4.71. The van der Waals surface area contributed by atoms with E-state index in [4.69, 9.17) is 9.97 Å². The predicted molar refractivity (Wildman–Crippen MR) is 160 cm³/mol. The van der Waals surface area contributed by atoms with Crippen LogP contribution in [0.3, 0.4) is 0 Å². The molecule has 3 aromatic heterocycles. The lowest BCUT2D eigenvalue weighted by atomic mass is 9.91. The topological polar surface area (TPSA) is 101 Å². The Bertz CT molecular complexity index is 1730. The van der Waals surface area contributed by atoms with Crippen molar-refractivity contribution in [3.8, 4) is 5.82 Å². The Morgan fingerprint density at radius 2 is 2.02 bits per heavy atom. The Morgan fingerprint density at radius 1 is 1.17 bits per heavy atom. The smallest absolute Gasteiger partial charge is 0.278 e. The summed E-state index contributed by atoms with van der Waals surface area (Å²) in [6, 6.07) is 8.42. The van der Waals surface area contributed by atoms with Gasteiger partial charge in [-0.2, -0.15) is 4.98 Å². The number of benzene rings is 1. The first kappa shape index (κ1) is 26.1. The lowest BCUT2D eigenvalue weighted by Crippen LogP contribution is -2.30. The zero-order valence-corrected chi connectivity index (χ0v) is 23.9. The van der Waals surface area contributed by atoms with Crippen molar-refractivity contribution < 1.29 is 5.11 Å². The quantitative estimate of drug-likeness (QED) is 0.306. The zero-order chi connectivity index (χ0) is 28.3. The van der Waals surface area contributed by atoms with E-state index in [2.05, 4.69) is 40.8 Å². The Hall–Kier alpha value is -3.82. The molecule has 2 N–H and O–H groups in total. The summed E-state index contributed by atoms with van der Waals surface area (Å²) in [5, 5.41) is 15.1. The van der Waals surface area contributed by atoms with Crippen LogP contribution in [-0.4, -0.2) is 47.4 Å². The molecule has 0 bridgehead atoms. The van der Waals surface area contributed by atoms with Gasteiger partial charge in [-0.1, -0.05) is 26.0 Å². The number of anilines is 2. The minimum absolute atomic E-state index is 0.205. The van der Waals surface area contributed by atoms with Crippen LogP contribution in [0.15, 0.2) is 47.9 Å². The Kier molecular flexibility index (Phi) is 6.32. The highest BCUT2D eigenvalue weighted by Crippen LogP contribution is 2.45. The molecule has 3 aliphatic rings. The second kappa shape index (κ2) is 9.92. The summed E-state index contributed by atoms with van der Waals surface area (Å²) in [6.45, 7) is 11.5. The molecular weight excluding hydrogens is 514 g/mol. The maximum Gasteiger partial charge on any atom is 0.278 e. The largest absolute Gasteiger partial charge is 0.384 e. The maximum atomic E-state index is 13.5. The number of hydrogen-bond donors (Lipinski definition) is 2. The first-order chi connectivity index (χ1) is 19.9. The van der Waals surface area contributed by atoms with Crippen LogP contribution in [0.1, 0.15) is 73.4 Å². The second-order valence-corrected chi connectivity index (χ2v) is 11.7. The number of fused-ring (bicyclic) bond motifs is 3. The standard InChI is InChI=1S/C32H37N7O2/c1-4-14-38-30(40)26-18-33-31(34-23-16-22-19-37(6-3)15-12-24(22)25(17-23)20-7-8-20)36-29(26)39(38)27-10-9-21-11-13-32(41,5-2)28(21)35-27/h4,9-10,16-18,20,41H,1,5-8,11-15,19H2,2-3H3,(H,33,34,36). The molecule has 1 fully saturated rings. The molecule has 212 valence electrons. The molecular formula is C32H37N7O2. The summed E-state index contributed by atoms with van der Waals surface area (Å²) in [5.74, 6) is 1.62. The SMILES string of the molecule is C=CCn1c(=O)c2cnc(Nc3cc4c(c(C5CC5)c3)CCN(CC)C4)nc2n1-c1ccc2c(n1)C(O)(CC)CC2. The van der Waals surface area contributed by atoms with Crippen LogP contribution in [0.4, 0.5) is 11.6 Å². The molecule has 0 saturated heterocycles. The summed E-state index contributed by atoms with van der Waals surface area (Å²) < 4.78 is 3.32. The number of aryl methyl sites for hydroxylation is 1. The number of aromatic nitrogens is 5. The summed E-state index contributed by atoms with van der Waals surface area (Å²) in [5.41, 5.74) is 6.37. The van der Waals surface area contributed by atoms with E-state index in [1.165, 1.54) is 29.5 Å². The van der Waals surface area contributed by atoms with E-state index in [-0.39, 0.29) is 12.1 Å². The summed E-state index contributed by atoms with van der Waals surface area (Å²) >= 11 is 0. The lowest BCUT2D eigenvalue weighted by Gasteiger charge is -2.30. The Labute approximate surface area is 239 Å². The molecule has 0 amide bonds. The molecule has 41 heavy (non-hydrogen) atoms. The second-order valence-electron chi connectivity index (χ2n) is 11.7. The summed E-state index contributed by atoms with van der Waals surface area (Å²) in [4.78, 5) is 30.3. The van der Waals surface area contributed by atoms with Crippen molar-refractivity contribution in [2.45, 2.75) is 77.0 Å². The van der Waals surface area contributed by atoms with Gasteiger partial charge in [-0.05, 0) is 91.4 Å². The lowest BCUT2D eigenvalue weighted by molar-refractivity contribution is 0.0306. The first-order valence-electron chi connectivity index (χ1n) is 14.9. The van der Waals surface area contributed by atoms with Crippen LogP contribution in [-0.2, 0) is 31.5 Å². The Balaban J connectivity index is 1.32. The fraction of sp³-hybridized carbons (Fsp3) is 0.438. The Morgan fingerprint density at radius 3 is 2.78 bits per heavy atom. The monoisotopic (exact) mass is 551 g/mol. The average Bonchev–Trinajstić information content (AvgIpc) is 3.74. The summed E-state index contributed by atoms with van der Waals surface area (Å²) in [7, 11) is 0. The molecule has 4 aromatic rings. The number of pyridine rings is 1. The van der Waals surface area contributed by atoms with Gasteiger partial charge in [0.25, 0.3) is 5.56 Å². The van der Waals surface area contributed by atoms with Crippen molar-refractivity contribution in [3.63, 3.8) is 0 Å². The highest BCUT2D eigenvalue weighted by molar-refractivity contribution is 5.77. The molecule has 0 spiro atoms. The number of likely N-dealkylation sites (N-methyl/N-ethyl adjacent to an activating group) is 1. The van der Waals surface area contributed by atoms with Gasteiger partial charge in [0.05, 0.1) is 12.2 Å². The third-order valence-electron chi connectivity index (χ3n) is 9.16. The normalized spacial score (nSPS) is 20.3. The molecule has 1 atom stereocenters. The molecule has 1 aromatic carbocycles. The molecule has 1 unspecified atom stereocenters. The number of rotatable bonds is 8. The number of nitrogens with zero attached hydrogens (tertiary/aromatic N) is 6. The van der Waals surface area contributed by atoms with E-state index < -0.39 is 5.60 Å². The molecule has 2 aliphatic carbocycles. The fourth-order valence-electron chi connectivity index (χ4n) is 6.64. The number of nitrogens with one attached hydrogen (secondary N) is 1. The van der Waals surface area contributed by atoms with Gasteiger partial charge in [-0.25, -0.2) is 19.3 Å². The minimum atomic E-state index is -0.960. The highest BCUT2D eigenvalue weighted by atomic mass is 16.3. The van der Waals surface area contributed by atoms with Crippen LogP contribution in [0, 0.1) is 0 Å². The van der Waals surface area contributed by atoms with Gasteiger partial charge in [0.1, 0.15) is 11.0 Å². The third-order valence-corrected chi connectivity index (χ3v) is 9.16. The summed E-state index contributed by atoms with van der Waals surface area (Å²) in [6.07, 6.45) is 8.90. The van der Waals surface area contributed by atoms with E-state index in [0.29, 0.717) is 47.3 Å². The van der Waals surface area contributed by atoms with Crippen molar-refractivity contribution in [2.75, 3.05) is 18.4 Å². The fourth-order valence-corrected chi connectivity index (χ4v) is 6.64. The third kappa shape index (κ3) is 4.38. The van der Waals surface area contributed by atoms with Crippen LogP contribution in [0.25, 0.3) is 16.9 Å². The molecule has 1 saturated carbocycles. The minimum Gasteiger partial charge on any atom is -0.384 e. The van der Waals surface area contributed by atoms with Crippen LogP contribution in [0.5, 0.6) is 0 Å². The van der Waals surface area contributed by atoms with Crippen LogP contribution in [0.2, 0.25) is 0 Å². The van der Waals surface area contributed by atoms with Crippen LogP contribution >= 0.6 is 0 Å². The number of aliphatic hydroxyl groups is 1. The molecule has 9 nitrogen and oxygen atoms in total. The molecule has 1 aliphatic heterocycles. The van der Waals surface area contributed by atoms with E-state index in [1.54, 1.807) is 21.6 Å². The molecule has 9 heteroatoms. The molecule has 7 rings (SSSR count). The van der Waals surface area contributed by atoms with Crippen molar-refractivity contribution in [1.82, 2.24) is 29.2 Å².